The van der Waals surface area contributed by atoms with Crippen LogP contribution in [0.3, 0.4) is 0 Å². The van der Waals surface area contributed by atoms with Gasteiger partial charge in [0.1, 0.15) is 5.82 Å². The Morgan fingerprint density at radius 1 is 1.29 bits per heavy atom. The summed E-state index contributed by atoms with van der Waals surface area (Å²) in [6, 6.07) is 13.8. The first-order valence-corrected chi connectivity index (χ1v) is 9.56. The van der Waals surface area contributed by atoms with Crippen molar-refractivity contribution in [1.82, 2.24) is 25.4 Å². The summed E-state index contributed by atoms with van der Waals surface area (Å²) in [5, 5.41) is 10.4. The van der Waals surface area contributed by atoms with E-state index in [1.165, 1.54) is 5.56 Å². The van der Waals surface area contributed by atoms with Crippen molar-refractivity contribution in [2.75, 3.05) is 18.8 Å². The number of H-pyrrole nitrogens is 1. The number of rotatable bonds is 5. The van der Waals surface area contributed by atoms with Gasteiger partial charge in [0.05, 0.1) is 17.9 Å². The van der Waals surface area contributed by atoms with Gasteiger partial charge in [0.15, 0.2) is 0 Å². The zero-order chi connectivity index (χ0) is 19.3. The van der Waals surface area contributed by atoms with Crippen LogP contribution < -0.4 is 11.1 Å². The number of benzene rings is 1. The average Bonchev–Trinajstić information content (AvgIpc) is 3.38. The Kier molecular flexibility index (Phi) is 5.23. The molecule has 7 heteroatoms. The number of pyridine rings is 1. The van der Waals surface area contributed by atoms with Gasteiger partial charge in [-0.05, 0) is 42.5 Å². The monoisotopic (exact) mass is 376 g/mol. The normalized spacial score (nSPS) is 16.3. The Morgan fingerprint density at radius 2 is 2.14 bits per heavy atom. The summed E-state index contributed by atoms with van der Waals surface area (Å²) < 4.78 is 0. The van der Waals surface area contributed by atoms with E-state index in [1.54, 1.807) is 12.4 Å². The molecule has 0 spiro atoms. The molecule has 1 aliphatic rings. The van der Waals surface area contributed by atoms with Crippen LogP contribution in [0.15, 0.2) is 54.9 Å². The molecule has 144 valence electrons. The quantitative estimate of drug-likeness (QED) is 0.637. The van der Waals surface area contributed by atoms with E-state index in [1.807, 2.05) is 35.2 Å². The van der Waals surface area contributed by atoms with Crippen LogP contribution in [0.2, 0.25) is 0 Å². The van der Waals surface area contributed by atoms with Gasteiger partial charge in [-0.25, -0.2) is 9.78 Å². The van der Waals surface area contributed by atoms with Crippen molar-refractivity contribution in [3.8, 4) is 11.1 Å². The molecule has 1 aliphatic heterocycles. The molecule has 3 aromatic rings. The van der Waals surface area contributed by atoms with E-state index in [2.05, 4.69) is 32.6 Å². The van der Waals surface area contributed by atoms with Crippen LogP contribution in [0.1, 0.15) is 30.1 Å². The maximum absolute atomic E-state index is 12.8. The minimum absolute atomic E-state index is 0.0244. The Bertz CT molecular complexity index is 939. The summed E-state index contributed by atoms with van der Waals surface area (Å²) in [6.07, 6.45) is 6.16. The van der Waals surface area contributed by atoms with E-state index < -0.39 is 0 Å². The summed E-state index contributed by atoms with van der Waals surface area (Å²) in [4.78, 5) is 18.7. The fourth-order valence-electron chi connectivity index (χ4n) is 3.77. The third-order valence-corrected chi connectivity index (χ3v) is 5.14. The third-order valence-electron chi connectivity index (χ3n) is 5.14. The van der Waals surface area contributed by atoms with Crippen LogP contribution in [-0.2, 0) is 6.42 Å². The molecule has 1 aromatic carbocycles. The number of aromatic amines is 1. The minimum atomic E-state index is -0.0341. The second-order valence-corrected chi connectivity index (χ2v) is 6.99. The minimum Gasteiger partial charge on any atom is -0.384 e. The van der Waals surface area contributed by atoms with Gasteiger partial charge in [0.2, 0.25) is 0 Å². The summed E-state index contributed by atoms with van der Waals surface area (Å²) in [7, 11) is 0. The first-order chi connectivity index (χ1) is 13.7. The fraction of sp³-hybridized carbons (Fsp3) is 0.286. The Labute approximate surface area is 164 Å². The molecule has 4 N–H and O–H groups in total. The lowest BCUT2D eigenvalue weighted by atomic mass is 10.0. The highest BCUT2D eigenvalue weighted by Gasteiger charge is 2.32. The predicted octanol–water partition coefficient (Wildman–Crippen LogP) is 3.14. The van der Waals surface area contributed by atoms with E-state index >= 15 is 0 Å². The summed E-state index contributed by atoms with van der Waals surface area (Å²) >= 11 is 0. The van der Waals surface area contributed by atoms with Crippen molar-refractivity contribution in [1.29, 1.82) is 0 Å². The molecule has 4 rings (SSSR count). The standard InChI is InChI=1S/C21H24N6O/c22-19-13-16(9-11-23-19)17-14-25-26-20(17)18-7-4-12-27(18)21(28)24-10-8-15-5-2-1-3-6-15/h1-3,5-6,9,11,13-14,18H,4,7-8,10,12H2,(H2,22,23)(H,24,28)(H,25,26)/t18-/m0/s1. The highest BCUT2D eigenvalue weighted by Crippen LogP contribution is 2.36. The third kappa shape index (κ3) is 3.83. The number of aromatic nitrogens is 3. The molecule has 0 aliphatic carbocycles. The smallest absolute Gasteiger partial charge is 0.317 e. The van der Waals surface area contributed by atoms with E-state index in [0.717, 1.165) is 42.6 Å². The average molecular weight is 376 g/mol. The topological polar surface area (TPSA) is 99.9 Å². The molecule has 1 atom stereocenters. The number of urea groups is 1. The number of amides is 2. The van der Waals surface area contributed by atoms with Crippen LogP contribution in [0.4, 0.5) is 10.6 Å². The van der Waals surface area contributed by atoms with Gasteiger partial charge >= 0.3 is 6.03 Å². The molecular weight excluding hydrogens is 352 g/mol. The molecule has 0 saturated carbocycles. The second-order valence-electron chi connectivity index (χ2n) is 6.99. The van der Waals surface area contributed by atoms with Crippen molar-refractivity contribution in [3.63, 3.8) is 0 Å². The number of hydrogen-bond donors (Lipinski definition) is 3. The Balaban J connectivity index is 1.45. The number of hydrogen-bond acceptors (Lipinski definition) is 4. The Morgan fingerprint density at radius 3 is 2.96 bits per heavy atom. The maximum Gasteiger partial charge on any atom is 0.317 e. The van der Waals surface area contributed by atoms with Crippen LogP contribution in [-0.4, -0.2) is 39.2 Å². The van der Waals surface area contributed by atoms with Crippen molar-refractivity contribution >= 4 is 11.8 Å². The SMILES string of the molecule is Nc1cc(-c2cn[nH]c2[C@@H]2CCCN2C(=O)NCCc2ccccc2)ccn1. The molecular formula is C21H24N6O. The van der Waals surface area contributed by atoms with Crippen LogP contribution in [0.25, 0.3) is 11.1 Å². The van der Waals surface area contributed by atoms with Gasteiger partial charge in [-0.1, -0.05) is 30.3 Å². The van der Waals surface area contributed by atoms with E-state index in [-0.39, 0.29) is 12.1 Å². The molecule has 2 amide bonds. The van der Waals surface area contributed by atoms with Crippen LogP contribution in [0, 0.1) is 0 Å². The van der Waals surface area contributed by atoms with Crippen LogP contribution >= 0.6 is 0 Å². The molecule has 28 heavy (non-hydrogen) atoms. The van der Waals surface area contributed by atoms with Crippen molar-refractivity contribution in [2.24, 2.45) is 0 Å². The number of nitrogens with zero attached hydrogens (tertiary/aromatic N) is 3. The zero-order valence-electron chi connectivity index (χ0n) is 15.6. The van der Waals surface area contributed by atoms with E-state index in [9.17, 15) is 4.79 Å². The zero-order valence-corrected chi connectivity index (χ0v) is 15.6. The number of nitrogen functional groups attached to an aromatic ring is 1. The van der Waals surface area contributed by atoms with Crippen molar-refractivity contribution in [3.05, 3.63) is 66.1 Å². The van der Waals surface area contributed by atoms with Gasteiger partial charge in [-0.15, -0.1) is 0 Å². The number of carbonyl (C=O) groups is 1. The van der Waals surface area contributed by atoms with Gasteiger partial charge in [-0.3, -0.25) is 5.10 Å². The molecule has 1 fully saturated rings. The first kappa shape index (κ1) is 18.0. The number of likely N-dealkylation sites (tertiary alicyclic amines) is 1. The second kappa shape index (κ2) is 8.12. The van der Waals surface area contributed by atoms with E-state index in [0.29, 0.717) is 12.4 Å². The predicted molar refractivity (Wildman–Crippen MR) is 108 cm³/mol. The van der Waals surface area contributed by atoms with Gasteiger partial charge in [0, 0.05) is 24.8 Å². The Hall–Kier alpha value is -3.35. The number of nitrogens with one attached hydrogen (secondary N) is 2. The van der Waals surface area contributed by atoms with Crippen LogP contribution in [0.5, 0.6) is 0 Å². The molecule has 0 unspecified atom stereocenters. The fourth-order valence-corrected chi connectivity index (χ4v) is 3.77. The highest BCUT2D eigenvalue weighted by atomic mass is 16.2. The molecule has 1 saturated heterocycles. The maximum atomic E-state index is 12.8. The number of nitrogens with two attached hydrogens (primary N) is 1. The van der Waals surface area contributed by atoms with Crippen molar-refractivity contribution in [2.45, 2.75) is 25.3 Å². The molecule has 7 nitrogen and oxygen atoms in total. The summed E-state index contributed by atoms with van der Waals surface area (Å²) in [6.45, 7) is 1.35. The molecule has 2 aromatic heterocycles. The number of anilines is 1. The van der Waals surface area contributed by atoms with Gasteiger partial charge in [-0.2, -0.15) is 5.10 Å². The highest BCUT2D eigenvalue weighted by molar-refractivity contribution is 5.76. The lowest BCUT2D eigenvalue weighted by Gasteiger charge is -2.25. The van der Waals surface area contributed by atoms with Gasteiger partial charge in [0.25, 0.3) is 0 Å². The first-order valence-electron chi connectivity index (χ1n) is 9.56. The molecule has 0 bridgehead atoms. The lowest BCUT2D eigenvalue weighted by Crippen LogP contribution is -2.40. The van der Waals surface area contributed by atoms with Gasteiger partial charge < -0.3 is 16.0 Å². The number of carbonyl (C=O) groups excluding carboxylic acids is 1. The van der Waals surface area contributed by atoms with E-state index in [4.69, 9.17) is 5.73 Å². The summed E-state index contributed by atoms with van der Waals surface area (Å²) in [5.41, 5.74) is 9.90. The largest absolute Gasteiger partial charge is 0.384 e. The molecule has 0 radical (unpaired) electrons. The summed E-state index contributed by atoms with van der Waals surface area (Å²) in [5.74, 6) is 0.464. The molecule has 3 heterocycles. The van der Waals surface area contributed by atoms with Crippen molar-refractivity contribution < 1.29 is 4.79 Å². The lowest BCUT2D eigenvalue weighted by molar-refractivity contribution is 0.192.